The molecule has 154 valence electrons. The van der Waals surface area contributed by atoms with Crippen molar-refractivity contribution in [2.75, 3.05) is 6.54 Å². The van der Waals surface area contributed by atoms with Gasteiger partial charge in [0.15, 0.2) is 0 Å². The van der Waals surface area contributed by atoms with Gasteiger partial charge in [-0.25, -0.2) is 0 Å². The van der Waals surface area contributed by atoms with E-state index in [9.17, 15) is 14.4 Å². The van der Waals surface area contributed by atoms with Crippen molar-refractivity contribution >= 4 is 17.8 Å². The van der Waals surface area contributed by atoms with Crippen molar-refractivity contribution in [3.8, 4) is 0 Å². The Hall–Kier alpha value is -1.59. The van der Waals surface area contributed by atoms with Crippen LogP contribution < -0.4 is 5.32 Å². The van der Waals surface area contributed by atoms with Gasteiger partial charge < -0.3 is 15.0 Å². The number of hydrogen-bond acceptors (Lipinski definition) is 4. The number of carbonyl (C=O) groups excluding carboxylic acids is 3. The average molecular weight is 381 g/mol. The number of unbranched alkanes of at least 4 members (excludes halogenated alkanes) is 2. The van der Waals surface area contributed by atoms with Gasteiger partial charge in [-0.05, 0) is 52.9 Å². The van der Waals surface area contributed by atoms with Crippen LogP contribution in [0.4, 0.5) is 0 Å². The van der Waals surface area contributed by atoms with Gasteiger partial charge in [-0.3, -0.25) is 14.4 Å². The van der Waals surface area contributed by atoms with E-state index >= 15 is 0 Å². The molecule has 0 aromatic heterocycles. The Morgan fingerprint density at radius 3 is 2.70 bits per heavy atom. The Bertz CT molecular complexity index is 555. The monoisotopic (exact) mass is 380 g/mol. The van der Waals surface area contributed by atoms with E-state index in [2.05, 4.69) is 12.2 Å². The summed E-state index contributed by atoms with van der Waals surface area (Å²) in [6.45, 7) is 8.26. The van der Waals surface area contributed by atoms with Gasteiger partial charge in [0, 0.05) is 25.4 Å². The van der Waals surface area contributed by atoms with Gasteiger partial charge >= 0.3 is 5.97 Å². The van der Waals surface area contributed by atoms with E-state index in [1.807, 2.05) is 25.7 Å². The minimum Gasteiger partial charge on any atom is -0.460 e. The molecule has 2 saturated heterocycles. The highest BCUT2D eigenvalue weighted by Crippen LogP contribution is 2.35. The molecule has 0 aromatic carbocycles. The first kappa shape index (κ1) is 21.7. The number of nitrogens with zero attached hydrogens (tertiary/aromatic N) is 1. The first-order chi connectivity index (χ1) is 12.6. The smallest absolute Gasteiger partial charge is 0.308 e. The highest BCUT2D eigenvalue weighted by atomic mass is 16.6. The third-order valence-corrected chi connectivity index (χ3v) is 5.46. The van der Waals surface area contributed by atoms with E-state index in [1.54, 1.807) is 0 Å². The molecule has 1 unspecified atom stereocenters. The predicted octanol–water partition coefficient (Wildman–Crippen LogP) is 3.33. The maximum Gasteiger partial charge on any atom is 0.308 e. The topological polar surface area (TPSA) is 75.7 Å². The fourth-order valence-electron chi connectivity index (χ4n) is 4.27. The highest BCUT2D eigenvalue weighted by molar-refractivity contribution is 5.80. The Labute approximate surface area is 163 Å². The van der Waals surface area contributed by atoms with Crippen LogP contribution in [-0.2, 0) is 19.1 Å². The van der Waals surface area contributed by atoms with Crippen molar-refractivity contribution in [1.29, 1.82) is 0 Å². The molecular formula is C21H36N2O4. The zero-order valence-electron chi connectivity index (χ0n) is 17.4. The lowest BCUT2D eigenvalue weighted by Gasteiger charge is -2.48. The Morgan fingerprint density at radius 1 is 1.30 bits per heavy atom. The second kappa shape index (κ2) is 9.07. The van der Waals surface area contributed by atoms with Crippen LogP contribution in [0.15, 0.2) is 0 Å². The number of ether oxygens (including phenoxy) is 1. The molecule has 6 nitrogen and oxygen atoms in total. The molecule has 2 aliphatic heterocycles. The lowest BCUT2D eigenvalue weighted by atomic mass is 9.77. The first-order valence-corrected chi connectivity index (χ1v) is 10.5. The van der Waals surface area contributed by atoms with Gasteiger partial charge in [-0.15, -0.1) is 0 Å². The molecule has 2 fully saturated rings. The zero-order valence-corrected chi connectivity index (χ0v) is 17.4. The number of esters is 1. The summed E-state index contributed by atoms with van der Waals surface area (Å²) in [5, 5.41) is 3.18. The molecule has 1 N–H and O–H groups in total. The fourth-order valence-corrected chi connectivity index (χ4v) is 4.27. The molecule has 0 aromatic rings. The number of piperidine rings is 2. The second-order valence-corrected chi connectivity index (χ2v) is 9.14. The van der Waals surface area contributed by atoms with Gasteiger partial charge in [-0.2, -0.15) is 0 Å². The molecule has 2 rings (SSSR count). The standard InChI is InChI=1S/C21H36N2O4/c1-5-6-7-10-17(24)22-21(15-19(26)27-20(2,3)4)12-13-23-16(14-21)9-8-11-18(23)25/h16H,5-15H2,1-4H3,(H,22,24)/t16-,21?/m0/s1. The van der Waals surface area contributed by atoms with E-state index in [-0.39, 0.29) is 30.2 Å². The molecule has 27 heavy (non-hydrogen) atoms. The second-order valence-electron chi connectivity index (χ2n) is 9.14. The van der Waals surface area contributed by atoms with Crippen LogP contribution in [0.5, 0.6) is 0 Å². The lowest BCUT2D eigenvalue weighted by molar-refractivity contribution is -0.158. The number of rotatable bonds is 7. The first-order valence-electron chi connectivity index (χ1n) is 10.5. The molecule has 2 atom stereocenters. The molecule has 2 aliphatic rings. The van der Waals surface area contributed by atoms with E-state index < -0.39 is 11.1 Å². The SMILES string of the molecule is CCCCCC(=O)NC1(CC(=O)OC(C)(C)C)CCN2C(=O)CCC[C@H]2C1. The molecule has 0 radical (unpaired) electrons. The van der Waals surface area contributed by atoms with Gasteiger partial charge in [0.1, 0.15) is 5.60 Å². The molecule has 0 aliphatic carbocycles. The molecule has 0 spiro atoms. The van der Waals surface area contributed by atoms with Crippen LogP contribution in [0, 0.1) is 0 Å². The molecular weight excluding hydrogens is 344 g/mol. The van der Waals surface area contributed by atoms with Crippen molar-refractivity contribution in [2.24, 2.45) is 0 Å². The van der Waals surface area contributed by atoms with Crippen LogP contribution in [0.25, 0.3) is 0 Å². The molecule has 2 heterocycles. The molecule has 0 bridgehead atoms. The summed E-state index contributed by atoms with van der Waals surface area (Å²) < 4.78 is 5.53. The van der Waals surface area contributed by atoms with Crippen LogP contribution in [0.3, 0.4) is 0 Å². The summed E-state index contributed by atoms with van der Waals surface area (Å²) in [7, 11) is 0. The summed E-state index contributed by atoms with van der Waals surface area (Å²) in [4.78, 5) is 39.2. The largest absolute Gasteiger partial charge is 0.460 e. The zero-order chi connectivity index (χ0) is 20.1. The highest BCUT2D eigenvalue weighted by Gasteiger charge is 2.45. The lowest BCUT2D eigenvalue weighted by Crippen LogP contribution is -2.61. The van der Waals surface area contributed by atoms with Crippen LogP contribution in [0.2, 0.25) is 0 Å². The summed E-state index contributed by atoms with van der Waals surface area (Å²) >= 11 is 0. The Balaban J connectivity index is 2.09. The van der Waals surface area contributed by atoms with Crippen LogP contribution >= 0.6 is 0 Å². The van der Waals surface area contributed by atoms with Crippen molar-refractivity contribution < 1.29 is 19.1 Å². The van der Waals surface area contributed by atoms with E-state index in [1.165, 1.54) is 0 Å². The van der Waals surface area contributed by atoms with Gasteiger partial charge in [0.25, 0.3) is 0 Å². The normalized spacial score (nSPS) is 25.7. The average Bonchev–Trinajstić information content (AvgIpc) is 2.53. The van der Waals surface area contributed by atoms with Gasteiger partial charge in [0.05, 0.1) is 12.0 Å². The van der Waals surface area contributed by atoms with Gasteiger partial charge in [0.2, 0.25) is 11.8 Å². The summed E-state index contributed by atoms with van der Waals surface area (Å²) in [5.74, 6) is -0.0825. The molecule has 6 heteroatoms. The third kappa shape index (κ3) is 6.51. The minimum absolute atomic E-state index is 0.00240. The molecule has 2 amide bonds. The summed E-state index contributed by atoms with van der Waals surface area (Å²) in [6.07, 6.45) is 7.27. The molecule has 0 saturated carbocycles. The van der Waals surface area contributed by atoms with E-state index in [0.29, 0.717) is 32.2 Å². The van der Waals surface area contributed by atoms with Crippen molar-refractivity contribution in [3.05, 3.63) is 0 Å². The van der Waals surface area contributed by atoms with Crippen LogP contribution in [0.1, 0.15) is 91.9 Å². The quantitative estimate of drug-likeness (QED) is 0.543. The van der Waals surface area contributed by atoms with E-state index in [4.69, 9.17) is 4.74 Å². The Morgan fingerprint density at radius 2 is 2.04 bits per heavy atom. The van der Waals surface area contributed by atoms with Gasteiger partial charge in [-0.1, -0.05) is 19.8 Å². The number of carbonyl (C=O) groups is 3. The van der Waals surface area contributed by atoms with Crippen molar-refractivity contribution in [1.82, 2.24) is 10.2 Å². The summed E-state index contributed by atoms with van der Waals surface area (Å²) in [5.41, 5.74) is -1.16. The number of amides is 2. The fraction of sp³-hybridized carbons (Fsp3) is 0.857. The minimum atomic E-state index is -0.607. The third-order valence-electron chi connectivity index (χ3n) is 5.46. The summed E-state index contributed by atoms with van der Waals surface area (Å²) in [6, 6.07) is 0.110. The van der Waals surface area contributed by atoms with Crippen molar-refractivity contribution in [2.45, 2.75) is 109 Å². The van der Waals surface area contributed by atoms with Crippen LogP contribution in [-0.4, -0.2) is 46.4 Å². The van der Waals surface area contributed by atoms with Crippen molar-refractivity contribution in [3.63, 3.8) is 0 Å². The number of nitrogens with one attached hydrogen (secondary N) is 1. The maximum atomic E-state index is 12.5. The maximum absolute atomic E-state index is 12.5. The Kier molecular flexibility index (Phi) is 7.29. The number of hydrogen-bond donors (Lipinski definition) is 1. The predicted molar refractivity (Wildman–Crippen MR) is 104 cm³/mol. The number of fused-ring (bicyclic) bond motifs is 1. The van der Waals surface area contributed by atoms with E-state index in [0.717, 1.165) is 32.1 Å².